The van der Waals surface area contributed by atoms with E-state index in [1.54, 1.807) is 24.4 Å². The van der Waals surface area contributed by atoms with Crippen LogP contribution < -0.4 is 5.32 Å². The van der Waals surface area contributed by atoms with Gasteiger partial charge in [0.05, 0.1) is 22.5 Å². The van der Waals surface area contributed by atoms with Crippen molar-refractivity contribution in [2.45, 2.75) is 9.79 Å². The molecule has 0 spiro atoms. The van der Waals surface area contributed by atoms with Crippen molar-refractivity contribution in [3.63, 3.8) is 0 Å². The predicted octanol–water partition coefficient (Wildman–Crippen LogP) is 6.24. The van der Waals surface area contributed by atoms with E-state index in [1.165, 1.54) is 23.9 Å². The zero-order chi connectivity index (χ0) is 23.3. The Morgan fingerprint density at radius 1 is 0.941 bits per heavy atom. The Morgan fingerprint density at radius 2 is 1.76 bits per heavy atom. The van der Waals surface area contributed by atoms with Gasteiger partial charge in [-0.1, -0.05) is 30.0 Å². The summed E-state index contributed by atoms with van der Waals surface area (Å²) in [6.07, 6.45) is 5.63. The summed E-state index contributed by atoms with van der Waals surface area (Å²) in [6, 6.07) is 25.7. The summed E-state index contributed by atoms with van der Waals surface area (Å²) in [7, 11) is 0. The van der Waals surface area contributed by atoms with Crippen LogP contribution in [0.4, 0.5) is 5.69 Å². The van der Waals surface area contributed by atoms with Gasteiger partial charge in [-0.15, -0.1) is 0 Å². The van der Waals surface area contributed by atoms with E-state index in [1.807, 2.05) is 66.7 Å². The maximum Gasteiger partial charge on any atom is 0.256 e. The minimum absolute atomic E-state index is 0.151. The molecule has 2 aromatic heterocycles. The number of carbonyl (C=O) groups excluding carboxylic acids is 1. The Morgan fingerprint density at radius 3 is 2.59 bits per heavy atom. The van der Waals surface area contributed by atoms with Crippen molar-refractivity contribution in [3.05, 3.63) is 108 Å². The maximum atomic E-state index is 12.9. The molecule has 2 heterocycles. The Labute approximate surface area is 200 Å². The Bertz CT molecular complexity index is 1480. The number of benzene rings is 3. The number of fused-ring (bicyclic) bond motifs is 1. The van der Waals surface area contributed by atoms with Gasteiger partial charge in [-0.25, -0.2) is 0 Å². The summed E-state index contributed by atoms with van der Waals surface area (Å²) in [6.45, 7) is 0. The average Bonchev–Trinajstić information content (AvgIpc) is 3.27. The van der Waals surface area contributed by atoms with Crippen LogP contribution in [0.1, 0.15) is 21.7 Å². The second-order valence-electron chi connectivity index (χ2n) is 7.50. The molecule has 5 rings (SSSR count). The molecule has 7 heteroatoms. The molecule has 1 amide bonds. The van der Waals surface area contributed by atoms with Crippen LogP contribution in [-0.2, 0) is 0 Å². The molecule has 0 aliphatic rings. The first kappa shape index (κ1) is 21.5. The molecule has 0 radical (unpaired) electrons. The normalized spacial score (nSPS) is 11.2. The predicted molar refractivity (Wildman–Crippen MR) is 136 cm³/mol. The number of nitrogens with one attached hydrogen (secondary N) is 2. The fourth-order valence-corrected chi connectivity index (χ4v) is 4.45. The van der Waals surface area contributed by atoms with Crippen molar-refractivity contribution in [1.82, 2.24) is 15.2 Å². The first-order valence-corrected chi connectivity index (χ1v) is 11.4. The number of aromatic nitrogens is 3. The largest absolute Gasteiger partial charge is 0.508 e. The van der Waals surface area contributed by atoms with Crippen LogP contribution in [0.25, 0.3) is 23.1 Å². The molecule has 0 fully saturated rings. The molecule has 0 unspecified atom stereocenters. The summed E-state index contributed by atoms with van der Waals surface area (Å²) in [5, 5.41) is 20.9. The van der Waals surface area contributed by atoms with Gasteiger partial charge in [0.1, 0.15) is 5.75 Å². The van der Waals surface area contributed by atoms with E-state index in [9.17, 15) is 9.90 Å². The van der Waals surface area contributed by atoms with E-state index in [2.05, 4.69) is 20.5 Å². The third-order valence-corrected chi connectivity index (χ3v) is 6.21. The van der Waals surface area contributed by atoms with Crippen molar-refractivity contribution in [2.24, 2.45) is 0 Å². The second-order valence-corrected chi connectivity index (χ2v) is 8.62. The van der Waals surface area contributed by atoms with Crippen LogP contribution in [0.5, 0.6) is 5.75 Å². The van der Waals surface area contributed by atoms with Gasteiger partial charge in [-0.3, -0.25) is 14.9 Å². The highest BCUT2D eigenvalue weighted by atomic mass is 32.2. The van der Waals surface area contributed by atoms with Gasteiger partial charge in [-0.05, 0) is 78.9 Å². The van der Waals surface area contributed by atoms with Crippen molar-refractivity contribution in [2.75, 3.05) is 5.32 Å². The number of amides is 1. The lowest BCUT2D eigenvalue weighted by molar-refractivity contribution is 0.102. The lowest BCUT2D eigenvalue weighted by Crippen LogP contribution is -2.12. The third kappa shape index (κ3) is 4.84. The number of carbonyl (C=O) groups is 1. The van der Waals surface area contributed by atoms with Gasteiger partial charge in [0.2, 0.25) is 0 Å². The first-order valence-electron chi connectivity index (χ1n) is 10.6. The number of aromatic hydroxyl groups is 1. The molecular weight excluding hydrogens is 444 g/mol. The van der Waals surface area contributed by atoms with Gasteiger partial charge in [-0.2, -0.15) is 5.10 Å². The number of rotatable bonds is 6. The van der Waals surface area contributed by atoms with Crippen molar-refractivity contribution in [1.29, 1.82) is 0 Å². The highest BCUT2D eigenvalue weighted by Crippen LogP contribution is 2.33. The fourth-order valence-electron chi connectivity index (χ4n) is 3.46. The highest BCUT2D eigenvalue weighted by Gasteiger charge is 2.13. The minimum atomic E-state index is -0.210. The van der Waals surface area contributed by atoms with Crippen LogP contribution in [0.15, 0.2) is 101 Å². The lowest BCUT2D eigenvalue weighted by atomic mass is 10.2. The molecule has 3 aromatic carbocycles. The molecule has 0 bridgehead atoms. The number of nitrogens with zero attached hydrogens (tertiary/aromatic N) is 2. The zero-order valence-electron chi connectivity index (χ0n) is 18.0. The Kier molecular flexibility index (Phi) is 6.09. The molecule has 5 aromatic rings. The van der Waals surface area contributed by atoms with Crippen LogP contribution in [0, 0.1) is 0 Å². The number of H-pyrrole nitrogens is 1. The molecule has 6 nitrogen and oxygen atoms in total. The average molecular weight is 465 g/mol. The van der Waals surface area contributed by atoms with E-state index >= 15 is 0 Å². The number of pyridine rings is 1. The van der Waals surface area contributed by atoms with E-state index in [-0.39, 0.29) is 11.7 Å². The molecule has 0 aliphatic carbocycles. The second kappa shape index (κ2) is 9.64. The number of phenolic OH excluding ortho intramolecular Hbond substituents is 1. The highest BCUT2D eigenvalue weighted by molar-refractivity contribution is 7.99. The summed E-state index contributed by atoms with van der Waals surface area (Å²) < 4.78 is 0. The van der Waals surface area contributed by atoms with Crippen LogP contribution in [0.2, 0.25) is 0 Å². The van der Waals surface area contributed by atoms with Gasteiger partial charge in [0.25, 0.3) is 5.91 Å². The van der Waals surface area contributed by atoms with Gasteiger partial charge >= 0.3 is 0 Å². The first-order chi connectivity index (χ1) is 16.7. The van der Waals surface area contributed by atoms with Gasteiger partial charge in [0.15, 0.2) is 0 Å². The molecular formula is C27H20N4O2S. The molecule has 166 valence electrons. The summed E-state index contributed by atoms with van der Waals surface area (Å²) >= 11 is 1.51. The third-order valence-electron chi connectivity index (χ3n) is 5.15. The van der Waals surface area contributed by atoms with E-state index < -0.39 is 0 Å². The maximum absolute atomic E-state index is 12.9. The zero-order valence-corrected chi connectivity index (χ0v) is 18.8. The number of aromatic amines is 1. The monoisotopic (exact) mass is 464 g/mol. The molecule has 0 saturated heterocycles. The number of hydrogen-bond donors (Lipinski definition) is 3. The van der Waals surface area contributed by atoms with Crippen LogP contribution >= 0.6 is 11.8 Å². The van der Waals surface area contributed by atoms with E-state index in [0.717, 1.165) is 32.1 Å². The number of anilines is 1. The van der Waals surface area contributed by atoms with E-state index in [0.29, 0.717) is 11.3 Å². The van der Waals surface area contributed by atoms with Crippen molar-refractivity contribution >= 4 is 46.4 Å². The van der Waals surface area contributed by atoms with E-state index in [4.69, 9.17) is 0 Å². The quantitative estimate of drug-likeness (QED) is 0.259. The van der Waals surface area contributed by atoms with Gasteiger partial charge < -0.3 is 10.4 Å². The number of hydrogen-bond acceptors (Lipinski definition) is 5. The Balaban J connectivity index is 1.36. The standard InChI is InChI=1S/C27H20N4O2S/c32-20-11-8-19(9-12-20)29-27(33)23-6-1-2-7-26(23)34-21-13-14-22-24(30-31-25(22)17-21)15-10-18-5-3-4-16-28-18/h1-17,32H,(H,29,33)(H,30,31)/b15-10+. The molecule has 0 saturated carbocycles. The SMILES string of the molecule is O=C(Nc1ccc(O)cc1)c1ccccc1Sc1ccc2c(/C=C/c3ccccn3)n[nH]c2c1. The minimum Gasteiger partial charge on any atom is -0.508 e. The van der Waals surface area contributed by atoms with Crippen LogP contribution in [-0.4, -0.2) is 26.2 Å². The molecule has 0 atom stereocenters. The molecule has 3 N–H and O–H groups in total. The van der Waals surface area contributed by atoms with Crippen molar-refractivity contribution in [3.8, 4) is 5.75 Å². The summed E-state index contributed by atoms with van der Waals surface area (Å²) in [4.78, 5) is 19.0. The summed E-state index contributed by atoms with van der Waals surface area (Å²) in [5.41, 5.74) is 3.81. The smallest absolute Gasteiger partial charge is 0.256 e. The van der Waals surface area contributed by atoms with Crippen molar-refractivity contribution < 1.29 is 9.90 Å². The number of phenols is 1. The van der Waals surface area contributed by atoms with Gasteiger partial charge in [0, 0.05) is 27.1 Å². The van der Waals surface area contributed by atoms with Crippen LogP contribution in [0.3, 0.4) is 0 Å². The fraction of sp³-hybridized carbons (Fsp3) is 0. The topological polar surface area (TPSA) is 90.9 Å². The molecule has 34 heavy (non-hydrogen) atoms. The molecule has 0 aliphatic heterocycles. The summed E-state index contributed by atoms with van der Waals surface area (Å²) in [5.74, 6) is -0.0584. The lowest BCUT2D eigenvalue weighted by Gasteiger charge is -2.10. The Hall–Kier alpha value is -4.36.